The standard InChI is InChI=1S/C22H15FN2O2/c1-13-10-15(8-9-24-13)20-12-19(14-2-5-17(23)6-3-14)18-7-4-16(22(26)27)11-21(18)25-20/h2-12H,1H3,(H,26,27). The van der Waals surface area contributed by atoms with Crippen LogP contribution in [0.25, 0.3) is 33.3 Å². The second-order valence-corrected chi connectivity index (χ2v) is 6.28. The maximum Gasteiger partial charge on any atom is 0.335 e. The van der Waals surface area contributed by atoms with E-state index in [0.29, 0.717) is 11.2 Å². The Morgan fingerprint density at radius 3 is 2.44 bits per heavy atom. The van der Waals surface area contributed by atoms with E-state index in [1.807, 2.05) is 25.1 Å². The molecule has 0 saturated heterocycles. The molecule has 2 aromatic heterocycles. The summed E-state index contributed by atoms with van der Waals surface area (Å²) in [6.45, 7) is 1.90. The molecule has 0 aliphatic heterocycles. The van der Waals surface area contributed by atoms with Crippen LogP contribution < -0.4 is 0 Å². The number of carboxylic acid groups (broad SMARTS) is 1. The minimum atomic E-state index is -1.01. The number of aryl methyl sites for hydroxylation is 1. The van der Waals surface area contributed by atoms with E-state index >= 15 is 0 Å². The normalized spacial score (nSPS) is 10.9. The van der Waals surface area contributed by atoms with E-state index in [0.717, 1.165) is 27.8 Å². The van der Waals surface area contributed by atoms with E-state index in [1.54, 1.807) is 36.5 Å². The second kappa shape index (κ2) is 6.61. The van der Waals surface area contributed by atoms with Crippen molar-refractivity contribution < 1.29 is 14.3 Å². The summed E-state index contributed by atoms with van der Waals surface area (Å²) < 4.78 is 13.4. The summed E-state index contributed by atoms with van der Waals surface area (Å²) >= 11 is 0. The van der Waals surface area contributed by atoms with E-state index < -0.39 is 5.97 Å². The van der Waals surface area contributed by atoms with Gasteiger partial charge in [-0.1, -0.05) is 18.2 Å². The number of aromatic nitrogens is 2. The number of pyridine rings is 2. The number of rotatable bonds is 3. The Balaban J connectivity index is 2.01. The lowest BCUT2D eigenvalue weighted by atomic mass is 9.97. The van der Waals surface area contributed by atoms with Crippen molar-refractivity contribution in [1.82, 2.24) is 9.97 Å². The molecule has 0 spiro atoms. The van der Waals surface area contributed by atoms with Crippen LogP contribution in [0.4, 0.5) is 4.39 Å². The van der Waals surface area contributed by atoms with Gasteiger partial charge in [-0.15, -0.1) is 0 Å². The van der Waals surface area contributed by atoms with Gasteiger partial charge in [0.1, 0.15) is 5.82 Å². The van der Waals surface area contributed by atoms with Gasteiger partial charge in [0, 0.05) is 22.8 Å². The molecule has 0 saturated carbocycles. The van der Waals surface area contributed by atoms with Gasteiger partial charge in [-0.3, -0.25) is 4.98 Å². The van der Waals surface area contributed by atoms with Crippen LogP contribution in [0.3, 0.4) is 0 Å². The quantitative estimate of drug-likeness (QED) is 0.553. The predicted octanol–water partition coefficient (Wildman–Crippen LogP) is 5.11. The number of halogens is 1. The van der Waals surface area contributed by atoms with Crippen LogP contribution in [-0.2, 0) is 0 Å². The average Bonchev–Trinajstić information content (AvgIpc) is 2.67. The molecule has 132 valence electrons. The highest BCUT2D eigenvalue weighted by Crippen LogP contribution is 2.32. The number of hydrogen-bond acceptors (Lipinski definition) is 3. The molecule has 2 heterocycles. The van der Waals surface area contributed by atoms with Gasteiger partial charge in [-0.05, 0) is 60.5 Å². The number of carbonyl (C=O) groups is 1. The molecule has 1 N–H and O–H groups in total. The number of carboxylic acids is 1. The molecule has 4 aromatic rings. The fraction of sp³-hybridized carbons (Fsp3) is 0.0455. The lowest BCUT2D eigenvalue weighted by molar-refractivity contribution is 0.0697. The number of hydrogen-bond donors (Lipinski definition) is 1. The van der Waals surface area contributed by atoms with Crippen LogP contribution in [-0.4, -0.2) is 21.0 Å². The maximum absolute atomic E-state index is 13.4. The van der Waals surface area contributed by atoms with E-state index in [9.17, 15) is 14.3 Å². The summed E-state index contributed by atoms with van der Waals surface area (Å²) in [5, 5.41) is 10.1. The molecule has 5 heteroatoms. The van der Waals surface area contributed by atoms with E-state index in [2.05, 4.69) is 9.97 Å². The van der Waals surface area contributed by atoms with E-state index in [-0.39, 0.29) is 11.4 Å². The maximum atomic E-state index is 13.4. The Morgan fingerprint density at radius 1 is 0.963 bits per heavy atom. The van der Waals surface area contributed by atoms with Gasteiger partial charge in [0.2, 0.25) is 0 Å². The van der Waals surface area contributed by atoms with Crippen molar-refractivity contribution >= 4 is 16.9 Å². The van der Waals surface area contributed by atoms with Gasteiger partial charge < -0.3 is 5.11 Å². The summed E-state index contributed by atoms with van der Waals surface area (Å²) in [6, 6.07) is 16.8. The van der Waals surface area contributed by atoms with Crippen LogP contribution in [0.1, 0.15) is 16.1 Å². The minimum Gasteiger partial charge on any atom is -0.478 e. The average molecular weight is 358 g/mol. The predicted molar refractivity (Wildman–Crippen MR) is 102 cm³/mol. The van der Waals surface area contributed by atoms with Crippen molar-refractivity contribution in [2.45, 2.75) is 6.92 Å². The molecule has 27 heavy (non-hydrogen) atoms. The second-order valence-electron chi connectivity index (χ2n) is 6.28. The third kappa shape index (κ3) is 3.27. The topological polar surface area (TPSA) is 63.1 Å². The van der Waals surface area contributed by atoms with Crippen molar-refractivity contribution in [3.8, 4) is 22.4 Å². The number of fused-ring (bicyclic) bond motifs is 1. The van der Waals surface area contributed by atoms with E-state index in [4.69, 9.17) is 0 Å². The molecule has 4 nitrogen and oxygen atoms in total. The fourth-order valence-corrected chi connectivity index (χ4v) is 3.08. The molecule has 0 bridgehead atoms. The lowest BCUT2D eigenvalue weighted by Crippen LogP contribution is -1.97. The largest absolute Gasteiger partial charge is 0.478 e. The van der Waals surface area contributed by atoms with Gasteiger partial charge in [-0.2, -0.15) is 0 Å². The zero-order valence-electron chi connectivity index (χ0n) is 14.5. The molecule has 0 aliphatic carbocycles. The molecular formula is C22H15FN2O2. The Hall–Kier alpha value is -3.60. The SMILES string of the molecule is Cc1cc(-c2cc(-c3ccc(F)cc3)c3ccc(C(=O)O)cc3n2)ccn1. The van der Waals surface area contributed by atoms with Gasteiger partial charge >= 0.3 is 5.97 Å². The highest BCUT2D eigenvalue weighted by atomic mass is 19.1. The molecule has 0 unspecified atom stereocenters. The molecule has 0 aliphatic rings. The van der Waals surface area contributed by atoms with Gasteiger partial charge in [0.05, 0.1) is 16.8 Å². The Morgan fingerprint density at radius 2 is 1.74 bits per heavy atom. The monoisotopic (exact) mass is 358 g/mol. The Kier molecular flexibility index (Phi) is 4.12. The summed E-state index contributed by atoms with van der Waals surface area (Å²) in [7, 11) is 0. The highest BCUT2D eigenvalue weighted by Gasteiger charge is 2.12. The van der Waals surface area contributed by atoms with Crippen molar-refractivity contribution in [3.05, 3.63) is 83.9 Å². The highest BCUT2D eigenvalue weighted by molar-refractivity contribution is 6.00. The summed E-state index contributed by atoms with van der Waals surface area (Å²) in [6.07, 6.45) is 1.71. The minimum absolute atomic E-state index is 0.170. The summed E-state index contributed by atoms with van der Waals surface area (Å²) in [5.74, 6) is -1.32. The number of nitrogens with zero attached hydrogens (tertiary/aromatic N) is 2. The first-order valence-electron chi connectivity index (χ1n) is 8.38. The smallest absolute Gasteiger partial charge is 0.335 e. The zero-order valence-corrected chi connectivity index (χ0v) is 14.5. The van der Waals surface area contributed by atoms with E-state index in [1.165, 1.54) is 12.1 Å². The van der Waals surface area contributed by atoms with Crippen LogP contribution in [0.5, 0.6) is 0 Å². The van der Waals surface area contributed by atoms with Crippen LogP contribution in [0.2, 0.25) is 0 Å². The molecular weight excluding hydrogens is 343 g/mol. The molecule has 0 radical (unpaired) electrons. The van der Waals surface area contributed by atoms with Crippen molar-refractivity contribution in [3.63, 3.8) is 0 Å². The lowest BCUT2D eigenvalue weighted by Gasteiger charge is -2.11. The summed E-state index contributed by atoms with van der Waals surface area (Å²) in [5.41, 5.74) is 4.88. The molecule has 0 atom stereocenters. The third-order valence-electron chi connectivity index (χ3n) is 4.40. The molecule has 0 fully saturated rings. The Bertz CT molecular complexity index is 1170. The van der Waals surface area contributed by atoms with Crippen LogP contribution in [0.15, 0.2) is 66.9 Å². The fourth-order valence-electron chi connectivity index (χ4n) is 3.08. The first kappa shape index (κ1) is 16.8. The van der Waals surface area contributed by atoms with Gasteiger partial charge in [-0.25, -0.2) is 14.2 Å². The van der Waals surface area contributed by atoms with Crippen LogP contribution in [0, 0.1) is 12.7 Å². The van der Waals surface area contributed by atoms with Crippen molar-refractivity contribution in [2.75, 3.05) is 0 Å². The van der Waals surface area contributed by atoms with Gasteiger partial charge in [0.25, 0.3) is 0 Å². The van der Waals surface area contributed by atoms with Crippen molar-refractivity contribution in [1.29, 1.82) is 0 Å². The van der Waals surface area contributed by atoms with Crippen molar-refractivity contribution in [2.24, 2.45) is 0 Å². The Labute approximate surface area is 155 Å². The first-order chi connectivity index (χ1) is 13.0. The summed E-state index contributed by atoms with van der Waals surface area (Å²) in [4.78, 5) is 20.2. The third-order valence-corrected chi connectivity index (χ3v) is 4.40. The number of benzene rings is 2. The number of aromatic carboxylic acids is 1. The molecule has 2 aromatic carbocycles. The first-order valence-corrected chi connectivity index (χ1v) is 8.38. The van der Waals surface area contributed by atoms with Crippen LogP contribution >= 0.6 is 0 Å². The molecule has 0 amide bonds. The zero-order chi connectivity index (χ0) is 19.0. The van der Waals surface area contributed by atoms with Gasteiger partial charge in [0.15, 0.2) is 0 Å². The molecule has 4 rings (SSSR count).